The van der Waals surface area contributed by atoms with E-state index in [1.165, 1.54) is 13.2 Å². The van der Waals surface area contributed by atoms with E-state index in [0.29, 0.717) is 11.3 Å². The molecule has 0 saturated carbocycles. The van der Waals surface area contributed by atoms with Gasteiger partial charge in [0, 0.05) is 5.56 Å². The SMILES string of the molecule is COC(=O)COc1ccccc1/C=C1\C(=O)NC(=O)N(c2cc(C)cc(C)c2)C1=O. The Hall–Kier alpha value is -3.94. The molecule has 0 radical (unpaired) electrons. The van der Waals surface area contributed by atoms with E-state index >= 15 is 0 Å². The molecule has 8 heteroatoms. The van der Waals surface area contributed by atoms with Crippen molar-refractivity contribution in [1.82, 2.24) is 5.32 Å². The van der Waals surface area contributed by atoms with E-state index in [9.17, 15) is 19.2 Å². The highest BCUT2D eigenvalue weighted by molar-refractivity contribution is 6.39. The van der Waals surface area contributed by atoms with E-state index in [-0.39, 0.29) is 17.9 Å². The van der Waals surface area contributed by atoms with Crippen LogP contribution in [-0.2, 0) is 19.1 Å². The summed E-state index contributed by atoms with van der Waals surface area (Å²) in [6, 6.07) is 11.1. The van der Waals surface area contributed by atoms with Gasteiger partial charge in [0.1, 0.15) is 11.3 Å². The summed E-state index contributed by atoms with van der Waals surface area (Å²) in [5.41, 5.74) is 2.27. The molecule has 2 aromatic carbocycles. The largest absolute Gasteiger partial charge is 0.481 e. The number of aryl methyl sites for hydroxylation is 2. The molecule has 30 heavy (non-hydrogen) atoms. The Labute approximate surface area is 173 Å². The number of nitrogens with one attached hydrogen (secondary N) is 1. The number of nitrogens with zero attached hydrogens (tertiary/aromatic N) is 1. The second kappa shape index (κ2) is 8.60. The average molecular weight is 408 g/mol. The van der Waals surface area contributed by atoms with Gasteiger partial charge >= 0.3 is 12.0 Å². The second-order valence-corrected chi connectivity index (χ2v) is 6.71. The Balaban J connectivity index is 1.98. The Morgan fingerprint density at radius 3 is 2.40 bits per heavy atom. The minimum Gasteiger partial charge on any atom is -0.481 e. The second-order valence-electron chi connectivity index (χ2n) is 6.71. The number of para-hydroxylation sites is 1. The van der Waals surface area contributed by atoms with Gasteiger partial charge < -0.3 is 9.47 Å². The minimum absolute atomic E-state index is 0.233. The van der Waals surface area contributed by atoms with Crippen molar-refractivity contribution in [1.29, 1.82) is 0 Å². The van der Waals surface area contributed by atoms with Gasteiger partial charge in [-0.2, -0.15) is 0 Å². The fourth-order valence-electron chi connectivity index (χ4n) is 3.05. The van der Waals surface area contributed by atoms with Gasteiger partial charge in [-0.25, -0.2) is 14.5 Å². The first-order valence-electron chi connectivity index (χ1n) is 9.08. The molecule has 1 aliphatic rings. The number of anilines is 1. The standard InChI is InChI=1S/C22H20N2O6/c1-13-8-14(2)10-16(9-13)24-21(27)17(20(26)23-22(24)28)11-15-6-4-5-7-18(15)30-12-19(25)29-3/h4-11H,12H2,1-3H3,(H,23,26,28)/b17-11+. The van der Waals surface area contributed by atoms with E-state index in [4.69, 9.17) is 4.74 Å². The van der Waals surface area contributed by atoms with Crippen LogP contribution in [-0.4, -0.2) is 37.5 Å². The number of barbiturate groups is 1. The zero-order chi connectivity index (χ0) is 21.8. The number of ether oxygens (including phenoxy) is 2. The molecule has 0 spiro atoms. The lowest BCUT2D eigenvalue weighted by molar-refractivity contribution is -0.143. The fraction of sp³-hybridized carbons (Fsp3) is 0.182. The summed E-state index contributed by atoms with van der Waals surface area (Å²) in [6.07, 6.45) is 1.33. The molecule has 1 saturated heterocycles. The highest BCUT2D eigenvalue weighted by Gasteiger charge is 2.37. The zero-order valence-corrected chi connectivity index (χ0v) is 16.7. The molecule has 0 unspecified atom stereocenters. The quantitative estimate of drug-likeness (QED) is 0.463. The first-order chi connectivity index (χ1) is 14.3. The number of amides is 4. The number of imide groups is 2. The monoisotopic (exact) mass is 408 g/mol. The summed E-state index contributed by atoms with van der Waals surface area (Å²) in [4.78, 5) is 50.1. The molecule has 2 aromatic rings. The molecule has 0 bridgehead atoms. The van der Waals surface area contributed by atoms with Gasteiger partial charge in [0.05, 0.1) is 12.8 Å². The van der Waals surface area contributed by atoms with Crippen LogP contribution < -0.4 is 15.0 Å². The Bertz CT molecular complexity index is 1050. The molecule has 0 aromatic heterocycles. The van der Waals surface area contributed by atoms with Crippen LogP contribution in [0.4, 0.5) is 10.5 Å². The van der Waals surface area contributed by atoms with E-state index in [1.807, 2.05) is 19.9 Å². The highest BCUT2D eigenvalue weighted by atomic mass is 16.6. The summed E-state index contributed by atoms with van der Waals surface area (Å²) in [6.45, 7) is 3.36. The maximum absolute atomic E-state index is 13.1. The molecule has 1 heterocycles. The van der Waals surface area contributed by atoms with Gasteiger partial charge in [-0.3, -0.25) is 14.9 Å². The molecule has 0 atom stereocenters. The van der Waals surface area contributed by atoms with Crippen molar-refractivity contribution in [3.63, 3.8) is 0 Å². The topological polar surface area (TPSA) is 102 Å². The van der Waals surface area contributed by atoms with Crippen molar-refractivity contribution in [2.75, 3.05) is 18.6 Å². The lowest BCUT2D eigenvalue weighted by atomic mass is 10.0. The number of hydrogen-bond donors (Lipinski definition) is 1. The molecule has 1 N–H and O–H groups in total. The van der Waals surface area contributed by atoms with Crippen LogP contribution in [0, 0.1) is 13.8 Å². The van der Waals surface area contributed by atoms with Crippen LogP contribution in [0.5, 0.6) is 5.75 Å². The third kappa shape index (κ3) is 4.38. The molecular weight excluding hydrogens is 388 g/mol. The van der Waals surface area contributed by atoms with Crippen LogP contribution in [0.15, 0.2) is 48.0 Å². The molecule has 1 fully saturated rings. The van der Waals surface area contributed by atoms with Crippen molar-refractivity contribution in [3.8, 4) is 5.75 Å². The molecule has 8 nitrogen and oxygen atoms in total. The van der Waals surface area contributed by atoms with E-state index in [0.717, 1.165) is 16.0 Å². The number of esters is 1. The maximum atomic E-state index is 13.1. The predicted molar refractivity (Wildman–Crippen MR) is 109 cm³/mol. The highest BCUT2D eigenvalue weighted by Crippen LogP contribution is 2.26. The van der Waals surface area contributed by atoms with Crippen molar-refractivity contribution in [2.45, 2.75) is 13.8 Å². The number of carbonyl (C=O) groups excluding carboxylic acids is 4. The van der Waals surface area contributed by atoms with E-state index in [2.05, 4.69) is 10.1 Å². The first kappa shape index (κ1) is 20.8. The Morgan fingerprint density at radius 2 is 1.73 bits per heavy atom. The third-order valence-electron chi connectivity index (χ3n) is 4.36. The maximum Gasteiger partial charge on any atom is 0.343 e. The summed E-state index contributed by atoms with van der Waals surface area (Å²) in [5, 5.41) is 2.19. The summed E-state index contributed by atoms with van der Waals surface area (Å²) in [7, 11) is 1.24. The first-order valence-corrected chi connectivity index (χ1v) is 9.08. The number of benzene rings is 2. The van der Waals surface area contributed by atoms with Crippen molar-refractivity contribution < 1.29 is 28.7 Å². The molecule has 0 aliphatic carbocycles. The van der Waals surface area contributed by atoms with E-state index in [1.54, 1.807) is 36.4 Å². The molecule has 3 rings (SSSR count). The van der Waals surface area contributed by atoms with E-state index < -0.39 is 23.8 Å². The van der Waals surface area contributed by atoms with Crippen molar-refractivity contribution >= 4 is 35.6 Å². The molecule has 154 valence electrons. The van der Waals surface area contributed by atoms with Gasteiger partial charge in [-0.15, -0.1) is 0 Å². The lowest BCUT2D eigenvalue weighted by Crippen LogP contribution is -2.54. The third-order valence-corrected chi connectivity index (χ3v) is 4.36. The Morgan fingerprint density at radius 1 is 1.07 bits per heavy atom. The predicted octanol–water partition coefficient (Wildman–Crippen LogP) is 2.52. The smallest absolute Gasteiger partial charge is 0.343 e. The van der Waals surface area contributed by atoms with Gasteiger partial charge in [0.15, 0.2) is 6.61 Å². The van der Waals surface area contributed by atoms with Crippen LogP contribution in [0.2, 0.25) is 0 Å². The van der Waals surface area contributed by atoms with Crippen molar-refractivity contribution in [3.05, 3.63) is 64.7 Å². The summed E-state index contributed by atoms with van der Waals surface area (Å²) in [5.74, 6) is -1.86. The lowest BCUT2D eigenvalue weighted by Gasteiger charge is -2.27. The van der Waals surface area contributed by atoms with Crippen molar-refractivity contribution in [2.24, 2.45) is 0 Å². The average Bonchev–Trinajstić information content (AvgIpc) is 2.69. The van der Waals surface area contributed by atoms with Crippen LogP contribution in [0.3, 0.4) is 0 Å². The zero-order valence-electron chi connectivity index (χ0n) is 16.7. The number of rotatable bonds is 5. The van der Waals surface area contributed by atoms with Crippen LogP contribution >= 0.6 is 0 Å². The van der Waals surface area contributed by atoms with Crippen LogP contribution in [0.1, 0.15) is 16.7 Å². The number of methoxy groups -OCH3 is 1. The fourth-order valence-corrected chi connectivity index (χ4v) is 3.05. The summed E-state index contributed by atoms with van der Waals surface area (Å²) >= 11 is 0. The van der Waals surface area contributed by atoms with Gasteiger partial charge in [0.25, 0.3) is 11.8 Å². The molecule has 1 aliphatic heterocycles. The number of hydrogen-bond acceptors (Lipinski definition) is 6. The minimum atomic E-state index is -0.817. The van der Waals surface area contributed by atoms with Gasteiger partial charge in [-0.05, 0) is 49.2 Å². The summed E-state index contributed by atoms with van der Waals surface area (Å²) < 4.78 is 9.97. The molecule has 4 amide bonds. The van der Waals surface area contributed by atoms with Gasteiger partial charge in [0.2, 0.25) is 0 Å². The Kier molecular flexibility index (Phi) is 5.96. The number of carbonyl (C=O) groups is 4. The number of urea groups is 1. The van der Waals surface area contributed by atoms with Crippen LogP contribution in [0.25, 0.3) is 6.08 Å². The van der Waals surface area contributed by atoms with Gasteiger partial charge in [-0.1, -0.05) is 24.3 Å². The molecular formula is C22H20N2O6. The normalized spacial score (nSPS) is 15.2.